The van der Waals surface area contributed by atoms with Gasteiger partial charge in [-0.1, -0.05) is 44.4 Å². The molecule has 1 fully saturated rings. The maximum absolute atomic E-state index is 14.2. The minimum Gasteiger partial charge on any atom is -0.455 e. The summed E-state index contributed by atoms with van der Waals surface area (Å²) in [4.78, 5) is 14.4. The van der Waals surface area contributed by atoms with E-state index in [2.05, 4.69) is 10.2 Å². The Bertz CT molecular complexity index is 737. The number of halogens is 1. The van der Waals surface area contributed by atoms with Crippen molar-refractivity contribution in [2.24, 2.45) is 0 Å². The van der Waals surface area contributed by atoms with Gasteiger partial charge in [0.1, 0.15) is 11.6 Å². The van der Waals surface area contributed by atoms with Gasteiger partial charge in [-0.15, -0.1) is 0 Å². The molecule has 1 saturated carbocycles. The summed E-state index contributed by atoms with van der Waals surface area (Å²) in [5.41, 5.74) is 0.704. The number of furan rings is 1. The first-order valence-corrected chi connectivity index (χ1v) is 10.0. The van der Waals surface area contributed by atoms with E-state index in [1.165, 1.54) is 25.3 Å². The van der Waals surface area contributed by atoms with Gasteiger partial charge in [-0.05, 0) is 37.5 Å². The molecule has 0 bridgehead atoms. The second-order valence-corrected chi connectivity index (χ2v) is 7.31. The molecule has 0 aliphatic heterocycles. The molecule has 2 aromatic rings. The number of hydrogen-bond donors (Lipinski definition) is 1. The van der Waals surface area contributed by atoms with Crippen molar-refractivity contribution < 1.29 is 13.6 Å². The molecule has 1 heterocycles. The smallest absolute Gasteiger partial charge is 0.286 e. The molecule has 0 radical (unpaired) electrons. The lowest BCUT2D eigenvalue weighted by molar-refractivity contribution is 0.0915. The molecule has 1 N–H and O–H groups in total. The summed E-state index contributed by atoms with van der Waals surface area (Å²) in [7, 11) is 0. The van der Waals surface area contributed by atoms with Crippen molar-refractivity contribution in [3.63, 3.8) is 0 Å². The maximum atomic E-state index is 14.2. The van der Waals surface area contributed by atoms with Crippen LogP contribution in [0.25, 0.3) is 0 Å². The third-order valence-corrected chi connectivity index (χ3v) is 5.20. The number of hydrogen-bond acceptors (Lipinski definition) is 3. The summed E-state index contributed by atoms with van der Waals surface area (Å²) in [6.45, 7) is 3.78. The fourth-order valence-electron chi connectivity index (χ4n) is 3.72. The van der Waals surface area contributed by atoms with Crippen LogP contribution in [0.5, 0.6) is 0 Å². The second-order valence-electron chi connectivity index (χ2n) is 7.31. The Kier molecular flexibility index (Phi) is 7.04. The van der Waals surface area contributed by atoms with E-state index in [0.29, 0.717) is 37.0 Å². The van der Waals surface area contributed by atoms with Crippen LogP contribution < -0.4 is 5.32 Å². The third-order valence-electron chi connectivity index (χ3n) is 5.20. The van der Waals surface area contributed by atoms with E-state index >= 15 is 0 Å². The largest absolute Gasteiger partial charge is 0.455 e. The molecular formula is C22H29FN2O2. The van der Waals surface area contributed by atoms with Gasteiger partial charge in [0.2, 0.25) is 0 Å². The van der Waals surface area contributed by atoms with E-state index < -0.39 is 0 Å². The zero-order valence-electron chi connectivity index (χ0n) is 16.0. The fourth-order valence-corrected chi connectivity index (χ4v) is 3.72. The molecule has 1 aromatic heterocycles. The normalized spacial score (nSPS) is 15.2. The molecular weight excluding hydrogens is 343 g/mol. The van der Waals surface area contributed by atoms with E-state index in [0.717, 1.165) is 25.0 Å². The molecule has 0 unspecified atom stereocenters. The zero-order valence-corrected chi connectivity index (χ0v) is 16.0. The second kappa shape index (κ2) is 9.70. The van der Waals surface area contributed by atoms with Crippen LogP contribution in [-0.4, -0.2) is 23.4 Å². The Balaban J connectivity index is 1.72. The van der Waals surface area contributed by atoms with Crippen LogP contribution in [0.1, 0.15) is 67.3 Å². The van der Waals surface area contributed by atoms with Crippen LogP contribution in [0.2, 0.25) is 0 Å². The summed E-state index contributed by atoms with van der Waals surface area (Å²) in [5.74, 6) is 0.741. The van der Waals surface area contributed by atoms with Gasteiger partial charge in [-0.2, -0.15) is 0 Å². The van der Waals surface area contributed by atoms with Gasteiger partial charge in [0.05, 0.1) is 6.54 Å². The van der Waals surface area contributed by atoms with E-state index in [-0.39, 0.29) is 11.7 Å². The van der Waals surface area contributed by atoms with Gasteiger partial charge >= 0.3 is 0 Å². The number of nitrogens with one attached hydrogen (secondary N) is 1. The minimum absolute atomic E-state index is 0.169. The maximum Gasteiger partial charge on any atom is 0.286 e. The summed E-state index contributed by atoms with van der Waals surface area (Å²) in [6.07, 6.45) is 6.82. The van der Waals surface area contributed by atoms with Crippen LogP contribution in [0, 0.1) is 5.82 Å². The number of carbonyl (C=O) groups is 1. The Morgan fingerprint density at radius 1 is 1.15 bits per heavy atom. The molecule has 3 rings (SSSR count). The van der Waals surface area contributed by atoms with Crippen molar-refractivity contribution in [3.8, 4) is 0 Å². The van der Waals surface area contributed by atoms with Crippen molar-refractivity contribution in [2.45, 2.75) is 64.6 Å². The first-order chi connectivity index (χ1) is 13.2. The zero-order chi connectivity index (χ0) is 19.1. The lowest BCUT2D eigenvalue weighted by atomic mass is 9.93. The number of rotatable bonds is 8. The van der Waals surface area contributed by atoms with Gasteiger partial charge in [-0.25, -0.2) is 4.39 Å². The highest BCUT2D eigenvalue weighted by Crippen LogP contribution is 2.26. The Hall–Kier alpha value is -2.14. The first kappa shape index (κ1) is 19.6. The van der Waals surface area contributed by atoms with Gasteiger partial charge in [0.15, 0.2) is 5.76 Å². The highest BCUT2D eigenvalue weighted by atomic mass is 19.1. The van der Waals surface area contributed by atoms with Crippen LogP contribution in [0.3, 0.4) is 0 Å². The predicted octanol–water partition coefficient (Wildman–Crippen LogP) is 4.89. The van der Waals surface area contributed by atoms with Crippen molar-refractivity contribution in [1.29, 1.82) is 0 Å². The van der Waals surface area contributed by atoms with Crippen LogP contribution in [0.15, 0.2) is 40.8 Å². The lowest BCUT2D eigenvalue weighted by Gasteiger charge is -2.34. The Labute approximate surface area is 160 Å². The number of carbonyl (C=O) groups excluding carboxylic acids is 1. The van der Waals surface area contributed by atoms with Crippen LogP contribution in [0.4, 0.5) is 4.39 Å². The van der Waals surface area contributed by atoms with Crippen molar-refractivity contribution >= 4 is 5.91 Å². The molecule has 1 amide bonds. The summed E-state index contributed by atoms with van der Waals surface area (Å²) in [6, 6.07) is 11.0. The standard InChI is InChI=1S/C22H29FN2O2/c1-2-14-24-22(26)21-13-12-19(27-21)16-25(18-9-4-3-5-10-18)15-17-8-6-7-11-20(17)23/h6-8,11-13,18H,2-5,9-10,14-16H2,1H3,(H,24,26). The van der Waals surface area contributed by atoms with Crippen molar-refractivity contribution in [2.75, 3.05) is 6.54 Å². The number of amides is 1. The fraction of sp³-hybridized carbons (Fsp3) is 0.500. The van der Waals surface area contributed by atoms with Gasteiger partial charge in [0.25, 0.3) is 5.91 Å². The molecule has 0 spiro atoms. The van der Waals surface area contributed by atoms with Gasteiger partial charge < -0.3 is 9.73 Å². The molecule has 1 aliphatic rings. The van der Waals surface area contributed by atoms with Gasteiger partial charge in [-0.3, -0.25) is 9.69 Å². The lowest BCUT2D eigenvalue weighted by Crippen LogP contribution is -2.36. The average Bonchev–Trinajstić information content (AvgIpc) is 3.16. The topological polar surface area (TPSA) is 45.5 Å². The first-order valence-electron chi connectivity index (χ1n) is 10.0. The van der Waals surface area contributed by atoms with Crippen LogP contribution >= 0.6 is 0 Å². The molecule has 1 aromatic carbocycles. The Morgan fingerprint density at radius 3 is 2.67 bits per heavy atom. The average molecular weight is 372 g/mol. The van der Waals surface area contributed by atoms with E-state index in [1.54, 1.807) is 12.1 Å². The van der Waals surface area contributed by atoms with Crippen molar-refractivity contribution in [1.82, 2.24) is 10.2 Å². The molecule has 4 nitrogen and oxygen atoms in total. The Morgan fingerprint density at radius 2 is 1.93 bits per heavy atom. The molecule has 1 aliphatic carbocycles. The summed E-state index contributed by atoms with van der Waals surface area (Å²) < 4.78 is 20.0. The molecule has 5 heteroatoms. The van der Waals surface area contributed by atoms with Gasteiger partial charge in [0, 0.05) is 24.7 Å². The summed E-state index contributed by atoms with van der Waals surface area (Å²) in [5, 5.41) is 2.83. The highest BCUT2D eigenvalue weighted by molar-refractivity contribution is 5.91. The number of benzene rings is 1. The quantitative estimate of drug-likeness (QED) is 0.717. The molecule has 0 atom stereocenters. The third kappa shape index (κ3) is 5.42. The number of nitrogens with zero attached hydrogens (tertiary/aromatic N) is 1. The van der Waals surface area contributed by atoms with Crippen LogP contribution in [-0.2, 0) is 13.1 Å². The SMILES string of the molecule is CCCNC(=O)c1ccc(CN(Cc2ccccc2F)C2CCCCC2)o1. The summed E-state index contributed by atoms with van der Waals surface area (Å²) >= 11 is 0. The van der Waals surface area contributed by atoms with E-state index in [4.69, 9.17) is 4.42 Å². The highest BCUT2D eigenvalue weighted by Gasteiger charge is 2.23. The molecule has 0 saturated heterocycles. The molecule has 146 valence electrons. The minimum atomic E-state index is -0.179. The van der Waals surface area contributed by atoms with Crippen molar-refractivity contribution in [3.05, 3.63) is 59.3 Å². The predicted molar refractivity (Wildman–Crippen MR) is 104 cm³/mol. The van der Waals surface area contributed by atoms with E-state index in [1.807, 2.05) is 25.1 Å². The molecule has 27 heavy (non-hydrogen) atoms. The monoisotopic (exact) mass is 372 g/mol. The van der Waals surface area contributed by atoms with E-state index in [9.17, 15) is 9.18 Å².